The molecule has 1 N–H and O–H groups in total. The zero-order valence-electron chi connectivity index (χ0n) is 14.9. The van der Waals surface area contributed by atoms with E-state index in [9.17, 15) is 13.2 Å². The number of nitrogens with zero attached hydrogens (tertiary/aromatic N) is 2. The predicted octanol–water partition coefficient (Wildman–Crippen LogP) is 2.06. The number of piperazine rings is 1. The van der Waals surface area contributed by atoms with Crippen molar-refractivity contribution < 1.29 is 13.2 Å². The molecule has 0 aromatic heterocycles. The van der Waals surface area contributed by atoms with Crippen molar-refractivity contribution in [2.24, 2.45) is 5.41 Å². The SMILES string of the molecule is Cc1ccc(S(=O)(=O)NC(=O)N2CCN(CC(C)(C)C)CC2)cc1. The molecule has 0 atom stereocenters. The summed E-state index contributed by atoms with van der Waals surface area (Å²) >= 11 is 0. The third-order valence-electron chi connectivity index (χ3n) is 3.91. The number of amides is 2. The highest BCUT2D eigenvalue weighted by molar-refractivity contribution is 7.90. The Morgan fingerprint density at radius 2 is 1.62 bits per heavy atom. The maximum atomic E-state index is 12.3. The summed E-state index contributed by atoms with van der Waals surface area (Å²) in [5, 5.41) is 0. The van der Waals surface area contributed by atoms with Crippen LogP contribution in [0.1, 0.15) is 26.3 Å². The lowest BCUT2D eigenvalue weighted by Crippen LogP contribution is -2.53. The summed E-state index contributed by atoms with van der Waals surface area (Å²) < 4.78 is 26.7. The van der Waals surface area contributed by atoms with Crippen LogP contribution in [0.3, 0.4) is 0 Å². The molecule has 0 radical (unpaired) electrons. The van der Waals surface area contributed by atoms with Gasteiger partial charge in [0.1, 0.15) is 0 Å². The van der Waals surface area contributed by atoms with Crippen LogP contribution in [-0.2, 0) is 10.0 Å². The van der Waals surface area contributed by atoms with E-state index >= 15 is 0 Å². The number of urea groups is 1. The molecule has 1 aliphatic rings. The first-order valence-electron chi connectivity index (χ1n) is 8.18. The highest BCUT2D eigenvalue weighted by atomic mass is 32.2. The molecule has 1 aromatic rings. The normalized spacial score (nSPS) is 16.9. The summed E-state index contributed by atoms with van der Waals surface area (Å²) in [4.78, 5) is 16.2. The van der Waals surface area contributed by atoms with Crippen molar-refractivity contribution in [2.45, 2.75) is 32.6 Å². The monoisotopic (exact) mass is 353 g/mol. The predicted molar refractivity (Wildman–Crippen MR) is 94.4 cm³/mol. The van der Waals surface area contributed by atoms with Gasteiger partial charge in [0, 0.05) is 32.7 Å². The molecular formula is C17H27N3O3S. The second-order valence-corrected chi connectivity index (χ2v) is 9.23. The van der Waals surface area contributed by atoms with Crippen molar-refractivity contribution in [1.82, 2.24) is 14.5 Å². The van der Waals surface area contributed by atoms with Gasteiger partial charge in [-0.3, -0.25) is 4.90 Å². The fraction of sp³-hybridized carbons (Fsp3) is 0.588. The van der Waals surface area contributed by atoms with Gasteiger partial charge in [-0.1, -0.05) is 38.5 Å². The molecule has 0 saturated carbocycles. The third-order valence-corrected chi connectivity index (χ3v) is 5.25. The first-order chi connectivity index (χ1) is 11.1. The molecule has 1 saturated heterocycles. The van der Waals surface area contributed by atoms with Crippen molar-refractivity contribution in [2.75, 3.05) is 32.7 Å². The van der Waals surface area contributed by atoms with Crippen molar-refractivity contribution in [3.8, 4) is 0 Å². The highest BCUT2D eigenvalue weighted by Gasteiger charge is 2.26. The van der Waals surface area contributed by atoms with Crippen LogP contribution < -0.4 is 4.72 Å². The summed E-state index contributed by atoms with van der Waals surface area (Å²) in [6, 6.07) is 5.89. The van der Waals surface area contributed by atoms with Crippen LogP contribution in [0.25, 0.3) is 0 Å². The summed E-state index contributed by atoms with van der Waals surface area (Å²) in [7, 11) is -3.82. The molecule has 1 aromatic carbocycles. The molecule has 6 nitrogen and oxygen atoms in total. The number of carbonyl (C=O) groups is 1. The average molecular weight is 353 g/mol. The Labute approximate surface area is 144 Å². The quantitative estimate of drug-likeness (QED) is 0.903. The Morgan fingerprint density at radius 3 is 2.12 bits per heavy atom. The van der Waals surface area contributed by atoms with Gasteiger partial charge >= 0.3 is 6.03 Å². The minimum Gasteiger partial charge on any atom is -0.321 e. The molecule has 0 aliphatic carbocycles. The minimum absolute atomic E-state index is 0.104. The van der Waals surface area contributed by atoms with E-state index < -0.39 is 16.1 Å². The lowest BCUT2D eigenvalue weighted by atomic mass is 9.96. The van der Waals surface area contributed by atoms with E-state index in [0.717, 1.165) is 25.2 Å². The number of rotatable bonds is 3. The van der Waals surface area contributed by atoms with Crippen molar-refractivity contribution in [3.05, 3.63) is 29.8 Å². The van der Waals surface area contributed by atoms with Crippen LogP contribution >= 0.6 is 0 Å². The number of nitrogens with one attached hydrogen (secondary N) is 1. The number of carbonyl (C=O) groups excluding carboxylic acids is 1. The number of hydrogen-bond donors (Lipinski definition) is 1. The fourth-order valence-electron chi connectivity index (χ4n) is 2.74. The molecule has 0 unspecified atom stereocenters. The average Bonchev–Trinajstić information content (AvgIpc) is 2.46. The first kappa shape index (κ1) is 18.7. The summed E-state index contributed by atoms with van der Waals surface area (Å²) in [5.41, 5.74) is 1.18. The molecule has 134 valence electrons. The number of sulfonamides is 1. The zero-order chi connectivity index (χ0) is 18.0. The standard InChI is InChI=1S/C17H27N3O3S/c1-14-5-7-15(8-6-14)24(22,23)18-16(21)20-11-9-19(10-12-20)13-17(2,3)4/h5-8H,9-13H2,1-4H3,(H,18,21). The molecule has 0 spiro atoms. The van der Waals surface area contributed by atoms with Crippen LogP contribution in [0.5, 0.6) is 0 Å². The molecule has 1 aliphatic heterocycles. The van der Waals surface area contributed by atoms with Crippen LogP contribution in [0.2, 0.25) is 0 Å². The molecule has 1 fully saturated rings. The van der Waals surface area contributed by atoms with Crippen LogP contribution in [0.15, 0.2) is 29.2 Å². The van der Waals surface area contributed by atoms with Gasteiger partial charge in [0.05, 0.1) is 4.90 Å². The Balaban J connectivity index is 1.92. The molecule has 7 heteroatoms. The molecule has 2 rings (SSSR count). The molecule has 24 heavy (non-hydrogen) atoms. The van der Waals surface area contributed by atoms with Crippen LogP contribution in [0.4, 0.5) is 4.79 Å². The van der Waals surface area contributed by atoms with Crippen molar-refractivity contribution >= 4 is 16.1 Å². The summed E-state index contributed by atoms with van der Waals surface area (Å²) in [6.45, 7) is 12.0. The van der Waals surface area contributed by atoms with E-state index in [1.54, 1.807) is 17.0 Å². The van der Waals surface area contributed by atoms with Gasteiger partial charge in [-0.15, -0.1) is 0 Å². The van der Waals surface area contributed by atoms with Gasteiger partial charge in [0.2, 0.25) is 0 Å². The van der Waals surface area contributed by atoms with Gasteiger partial charge in [0.25, 0.3) is 10.0 Å². The van der Waals surface area contributed by atoms with Gasteiger partial charge in [-0.05, 0) is 24.5 Å². The fourth-order valence-corrected chi connectivity index (χ4v) is 3.71. The smallest absolute Gasteiger partial charge is 0.321 e. The topological polar surface area (TPSA) is 69.7 Å². The minimum atomic E-state index is -3.82. The number of hydrogen-bond acceptors (Lipinski definition) is 4. The molecule has 1 heterocycles. The van der Waals surface area contributed by atoms with E-state index in [-0.39, 0.29) is 10.3 Å². The van der Waals surface area contributed by atoms with Gasteiger partial charge in [-0.2, -0.15) is 0 Å². The zero-order valence-corrected chi connectivity index (χ0v) is 15.7. The van der Waals surface area contributed by atoms with E-state index in [2.05, 4.69) is 30.4 Å². The Kier molecular flexibility index (Phi) is 5.55. The second kappa shape index (κ2) is 7.11. The summed E-state index contributed by atoms with van der Waals surface area (Å²) in [5.74, 6) is 0. The maximum absolute atomic E-state index is 12.3. The van der Waals surface area contributed by atoms with Crippen molar-refractivity contribution in [1.29, 1.82) is 0 Å². The Morgan fingerprint density at radius 1 is 1.08 bits per heavy atom. The van der Waals surface area contributed by atoms with E-state index in [0.29, 0.717) is 13.1 Å². The van der Waals surface area contributed by atoms with E-state index in [1.165, 1.54) is 12.1 Å². The van der Waals surface area contributed by atoms with Gasteiger partial charge in [0.15, 0.2) is 0 Å². The van der Waals surface area contributed by atoms with E-state index in [4.69, 9.17) is 0 Å². The highest BCUT2D eigenvalue weighted by Crippen LogP contribution is 2.17. The van der Waals surface area contributed by atoms with E-state index in [1.807, 2.05) is 6.92 Å². The van der Waals surface area contributed by atoms with Gasteiger partial charge in [-0.25, -0.2) is 17.9 Å². The molecule has 2 amide bonds. The lowest BCUT2D eigenvalue weighted by molar-refractivity contribution is 0.115. The summed E-state index contributed by atoms with van der Waals surface area (Å²) in [6.07, 6.45) is 0. The number of aryl methyl sites for hydroxylation is 1. The molecule has 0 bridgehead atoms. The largest absolute Gasteiger partial charge is 0.331 e. The Hall–Kier alpha value is -1.60. The number of benzene rings is 1. The maximum Gasteiger partial charge on any atom is 0.331 e. The second-order valence-electron chi connectivity index (χ2n) is 7.55. The van der Waals surface area contributed by atoms with Gasteiger partial charge < -0.3 is 4.90 Å². The molecular weight excluding hydrogens is 326 g/mol. The van der Waals surface area contributed by atoms with Crippen molar-refractivity contribution in [3.63, 3.8) is 0 Å². The Bertz CT molecular complexity index is 670. The lowest BCUT2D eigenvalue weighted by Gasteiger charge is -2.37. The van der Waals surface area contributed by atoms with Crippen LogP contribution in [0, 0.1) is 12.3 Å². The third kappa shape index (κ3) is 5.21. The van der Waals surface area contributed by atoms with Crippen LogP contribution in [-0.4, -0.2) is 57.0 Å². The first-order valence-corrected chi connectivity index (χ1v) is 9.66.